The first-order chi connectivity index (χ1) is 9.61. The summed E-state index contributed by atoms with van der Waals surface area (Å²) in [7, 11) is 0. The number of rotatable bonds is 5. The summed E-state index contributed by atoms with van der Waals surface area (Å²) in [4.78, 5) is 12.2. The molecule has 1 aromatic carbocycles. The van der Waals surface area contributed by atoms with Crippen LogP contribution in [0.4, 0.5) is 0 Å². The number of phenols is 1. The van der Waals surface area contributed by atoms with Gasteiger partial charge in [-0.05, 0) is 43.7 Å². The molecule has 20 heavy (non-hydrogen) atoms. The molecule has 0 aliphatic rings. The molecule has 4 nitrogen and oxygen atoms in total. The van der Waals surface area contributed by atoms with Gasteiger partial charge < -0.3 is 14.4 Å². The third-order valence-corrected chi connectivity index (χ3v) is 3.25. The molecular formula is C16H19NO3. The Hall–Kier alpha value is -2.23. The van der Waals surface area contributed by atoms with Crippen LogP contribution in [-0.4, -0.2) is 22.2 Å². The molecule has 0 aliphatic heterocycles. The van der Waals surface area contributed by atoms with Crippen LogP contribution in [0, 0.1) is 6.92 Å². The summed E-state index contributed by atoms with van der Waals surface area (Å²) in [6.45, 7) is 4.13. The molecule has 106 valence electrons. The van der Waals surface area contributed by atoms with Crippen molar-refractivity contribution in [2.75, 3.05) is 6.61 Å². The van der Waals surface area contributed by atoms with Crippen LogP contribution in [0.1, 0.15) is 24.2 Å². The zero-order valence-corrected chi connectivity index (χ0v) is 11.7. The van der Waals surface area contributed by atoms with Crippen LogP contribution in [0.2, 0.25) is 0 Å². The van der Waals surface area contributed by atoms with Gasteiger partial charge in [-0.15, -0.1) is 0 Å². The standard InChI is InChI=1S/C16H19NO3/c1-3-20-16(19)15(17-10-4-5-12(17)2)11-13-6-8-14(18)9-7-13/h4-10,15,18H,3,11H2,1-2H3/t15-/m0/s1. The van der Waals surface area contributed by atoms with Gasteiger partial charge in [0.1, 0.15) is 11.8 Å². The number of hydrogen-bond donors (Lipinski definition) is 1. The summed E-state index contributed by atoms with van der Waals surface area (Å²) in [5, 5.41) is 9.32. The minimum atomic E-state index is -0.380. The molecule has 2 aromatic rings. The Kier molecular flexibility index (Phi) is 4.45. The van der Waals surface area contributed by atoms with Crippen molar-refractivity contribution < 1.29 is 14.6 Å². The van der Waals surface area contributed by atoms with Crippen molar-refractivity contribution in [3.05, 3.63) is 53.9 Å². The molecule has 0 spiro atoms. The number of ether oxygens (including phenoxy) is 1. The minimum absolute atomic E-state index is 0.221. The van der Waals surface area contributed by atoms with Gasteiger partial charge in [0.2, 0.25) is 0 Å². The van der Waals surface area contributed by atoms with Crippen molar-refractivity contribution in [3.63, 3.8) is 0 Å². The van der Waals surface area contributed by atoms with Crippen molar-refractivity contribution in [3.8, 4) is 5.75 Å². The van der Waals surface area contributed by atoms with Gasteiger partial charge in [0, 0.05) is 18.3 Å². The second kappa shape index (κ2) is 6.28. The van der Waals surface area contributed by atoms with Gasteiger partial charge in [-0.1, -0.05) is 12.1 Å². The van der Waals surface area contributed by atoms with Crippen LogP contribution in [0.3, 0.4) is 0 Å². The molecule has 0 saturated heterocycles. The van der Waals surface area contributed by atoms with Gasteiger partial charge >= 0.3 is 5.97 Å². The summed E-state index contributed by atoms with van der Waals surface area (Å²) < 4.78 is 7.09. The number of carbonyl (C=O) groups excluding carboxylic acids is 1. The number of esters is 1. The Morgan fingerprint density at radius 3 is 2.55 bits per heavy atom. The summed E-state index contributed by atoms with van der Waals surface area (Å²) in [6.07, 6.45) is 2.42. The van der Waals surface area contributed by atoms with E-state index >= 15 is 0 Å². The van der Waals surface area contributed by atoms with E-state index in [1.54, 1.807) is 19.1 Å². The van der Waals surface area contributed by atoms with Gasteiger partial charge in [-0.2, -0.15) is 0 Å². The van der Waals surface area contributed by atoms with E-state index in [4.69, 9.17) is 4.74 Å². The number of aromatic hydroxyl groups is 1. The average Bonchev–Trinajstić information content (AvgIpc) is 2.84. The Morgan fingerprint density at radius 2 is 2.00 bits per heavy atom. The monoisotopic (exact) mass is 273 g/mol. The topological polar surface area (TPSA) is 51.5 Å². The van der Waals surface area contributed by atoms with Crippen LogP contribution in [0.5, 0.6) is 5.75 Å². The highest BCUT2D eigenvalue weighted by molar-refractivity contribution is 5.74. The van der Waals surface area contributed by atoms with Crippen molar-refractivity contribution >= 4 is 5.97 Å². The zero-order chi connectivity index (χ0) is 14.5. The maximum Gasteiger partial charge on any atom is 0.329 e. The molecule has 0 bridgehead atoms. The molecular weight excluding hydrogens is 254 g/mol. The first kappa shape index (κ1) is 14.2. The number of aryl methyl sites for hydroxylation is 1. The van der Waals surface area contributed by atoms with E-state index in [0.29, 0.717) is 13.0 Å². The number of benzene rings is 1. The Balaban J connectivity index is 2.25. The van der Waals surface area contributed by atoms with E-state index in [9.17, 15) is 9.90 Å². The number of carbonyl (C=O) groups is 1. The number of nitrogens with zero attached hydrogens (tertiary/aromatic N) is 1. The second-order valence-corrected chi connectivity index (χ2v) is 4.70. The van der Waals surface area contributed by atoms with Crippen molar-refractivity contribution in [2.45, 2.75) is 26.3 Å². The summed E-state index contributed by atoms with van der Waals surface area (Å²) in [5.41, 5.74) is 2.00. The summed E-state index contributed by atoms with van der Waals surface area (Å²) in [6, 6.07) is 10.4. The molecule has 4 heteroatoms. The maximum absolute atomic E-state index is 12.2. The van der Waals surface area contributed by atoms with Crippen LogP contribution in [-0.2, 0) is 16.0 Å². The van der Waals surface area contributed by atoms with E-state index in [2.05, 4.69) is 0 Å². The highest BCUT2D eigenvalue weighted by Gasteiger charge is 2.22. The van der Waals surface area contributed by atoms with E-state index in [-0.39, 0.29) is 17.8 Å². The highest BCUT2D eigenvalue weighted by Crippen LogP contribution is 2.20. The van der Waals surface area contributed by atoms with Gasteiger partial charge in [-0.25, -0.2) is 4.79 Å². The van der Waals surface area contributed by atoms with Gasteiger partial charge in [-0.3, -0.25) is 0 Å². The van der Waals surface area contributed by atoms with E-state index in [1.165, 1.54) is 0 Å². The highest BCUT2D eigenvalue weighted by atomic mass is 16.5. The molecule has 0 fully saturated rings. The fourth-order valence-electron chi connectivity index (χ4n) is 2.22. The third kappa shape index (κ3) is 3.20. The second-order valence-electron chi connectivity index (χ2n) is 4.70. The minimum Gasteiger partial charge on any atom is -0.508 e. The quantitative estimate of drug-likeness (QED) is 0.852. The SMILES string of the molecule is CCOC(=O)[C@H](Cc1ccc(O)cc1)n1cccc1C. The molecule has 1 heterocycles. The lowest BCUT2D eigenvalue weighted by Gasteiger charge is -2.19. The fourth-order valence-corrected chi connectivity index (χ4v) is 2.22. The predicted molar refractivity (Wildman–Crippen MR) is 76.6 cm³/mol. The lowest BCUT2D eigenvalue weighted by molar-refractivity contribution is -0.147. The summed E-state index contributed by atoms with van der Waals surface area (Å²) >= 11 is 0. The fraction of sp³-hybridized carbons (Fsp3) is 0.312. The lowest BCUT2D eigenvalue weighted by Crippen LogP contribution is -2.24. The number of hydrogen-bond acceptors (Lipinski definition) is 3. The Morgan fingerprint density at radius 1 is 1.30 bits per heavy atom. The number of aromatic nitrogens is 1. The molecule has 0 radical (unpaired) electrons. The number of phenolic OH excluding ortho intramolecular Hbond substituents is 1. The average molecular weight is 273 g/mol. The first-order valence-corrected chi connectivity index (χ1v) is 6.69. The molecule has 2 rings (SSSR count). The van der Waals surface area contributed by atoms with Crippen LogP contribution in [0.15, 0.2) is 42.6 Å². The molecule has 1 aromatic heterocycles. The molecule has 1 atom stereocenters. The van der Waals surface area contributed by atoms with Gasteiger partial charge in [0.15, 0.2) is 0 Å². The maximum atomic E-state index is 12.2. The molecule has 0 unspecified atom stereocenters. The van der Waals surface area contributed by atoms with Gasteiger partial charge in [0.05, 0.1) is 6.61 Å². The smallest absolute Gasteiger partial charge is 0.329 e. The third-order valence-electron chi connectivity index (χ3n) is 3.25. The van der Waals surface area contributed by atoms with E-state index < -0.39 is 0 Å². The van der Waals surface area contributed by atoms with Crippen molar-refractivity contribution in [1.82, 2.24) is 4.57 Å². The molecule has 1 N–H and O–H groups in total. The van der Waals surface area contributed by atoms with Crippen LogP contribution >= 0.6 is 0 Å². The van der Waals surface area contributed by atoms with Crippen molar-refractivity contribution in [2.24, 2.45) is 0 Å². The van der Waals surface area contributed by atoms with Gasteiger partial charge in [0.25, 0.3) is 0 Å². The molecule has 0 saturated carbocycles. The molecule has 0 aliphatic carbocycles. The zero-order valence-electron chi connectivity index (χ0n) is 11.7. The Labute approximate surface area is 118 Å². The summed E-state index contributed by atoms with van der Waals surface area (Å²) in [5.74, 6) is -0.0153. The predicted octanol–water partition coefficient (Wildman–Crippen LogP) is 2.85. The van der Waals surface area contributed by atoms with Crippen LogP contribution in [0.25, 0.3) is 0 Å². The Bertz CT molecular complexity index is 572. The first-order valence-electron chi connectivity index (χ1n) is 6.69. The molecule has 0 amide bonds. The van der Waals surface area contributed by atoms with Crippen molar-refractivity contribution in [1.29, 1.82) is 0 Å². The van der Waals surface area contributed by atoms with Crippen LogP contribution < -0.4 is 0 Å². The van der Waals surface area contributed by atoms with E-state index in [1.807, 2.05) is 42.0 Å². The largest absolute Gasteiger partial charge is 0.508 e. The lowest BCUT2D eigenvalue weighted by atomic mass is 10.1. The normalized spacial score (nSPS) is 12.1. The van der Waals surface area contributed by atoms with E-state index in [0.717, 1.165) is 11.3 Å².